The molecule has 5 rings (SSSR count). The number of carbonyl (C=O) groups excluding carboxylic acids is 4. The van der Waals surface area contributed by atoms with E-state index in [9.17, 15) is 19.2 Å². The van der Waals surface area contributed by atoms with E-state index in [1.165, 1.54) is 16.9 Å². The average Bonchev–Trinajstić information content (AvgIpc) is 3.59. The van der Waals surface area contributed by atoms with Gasteiger partial charge in [-0.25, -0.2) is 23.4 Å². The number of anilines is 2. The number of carbonyl (C=O) groups is 4. The molecule has 2 atom stereocenters. The lowest BCUT2D eigenvalue weighted by Crippen LogP contribution is -2.54. The van der Waals surface area contributed by atoms with Crippen molar-refractivity contribution in [2.24, 2.45) is 4.99 Å². The first kappa shape index (κ1) is 28.8. The van der Waals surface area contributed by atoms with Crippen LogP contribution in [0.4, 0.5) is 29.7 Å². The van der Waals surface area contributed by atoms with Crippen molar-refractivity contribution in [3.8, 4) is 0 Å². The van der Waals surface area contributed by atoms with Crippen LogP contribution in [-0.4, -0.2) is 103 Å². The van der Waals surface area contributed by atoms with E-state index in [2.05, 4.69) is 25.3 Å². The third-order valence-electron chi connectivity index (χ3n) is 7.20. The molecule has 2 saturated heterocycles. The number of aliphatic imine (C=N–C) groups is 1. The number of hydrogen-bond acceptors (Lipinski definition) is 9. The molecule has 14 nitrogen and oxygen atoms in total. The number of cyclic esters (lactones) is 1. The van der Waals surface area contributed by atoms with E-state index in [0.717, 1.165) is 17.0 Å². The molecule has 0 radical (unpaired) electrons. The maximum atomic E-state index is 15.2. The van der Waals surface area contributed by atoms with E-state index in [1.54, 1.807) is 19.3 Å². The summed E-state index contributed by atoms with van der Waals surface area (Å²) in [5.74, 6) is -1.88. The number of piperazine rings is 1. The Balaban J connectivity index is 1.16. The fourth-order valence-electron chi connectivity index (χ4n) is 5.01. The SMILES string of the molecule is COC(=O)NCC1CN(c2cc(F)c(N3CCN(C(=O)C(C)NC(=O)c4cn5c(n4)CN=CC5)CC3)c(F)c2)C(=O)O1. The van der Waals surface area contributed by atoms with Crippen LogP contribution in [0.5, 0.6) is 0 Å². The van der Waals surface area contributed by atoms with E-state index in [0.29, 0.717) is 18.9 Å². The maximum absolute atomic E-state index is 15.2. The summed E-state index contributed by atoms with van der Waals surface area (Å²) in [5.41, 5.74) is -0.0925. The van der Waals surface area contributed by atoms with E-state index in [1.807, 2.05) is 4.57 Å². The highest BCUT2D eigenvalue weighted by atomic mass is 19.1. The third kappa shape index (κ3) is 5.96. The summed E-state index contributed by atoms with van der Waals surface area (Å²) in [5, 5.41) is 5.08. The van der Waals surface area contributed by atoms with E-state index in [4.69, 9.17) is 4.74 Å². The first-order valence-corrected chi connectivity index (χ1v) is 13.3. The van der Waals surface area contributed by atoms with Gasteiger partial charge >= 0.3 is 12.2 Å². The quantitative estimate of drug-likeness (QED) is 0.484. The average molecular weight is 589 g/mol. The van der Waals surface area contributed by atoms with Crippen LogP contribution in [0.2, 0.25) is 0 Å². The van der Waals surface area contributed by atoms with Crippen LogP contribution in [0.1, 0.15) is 23.2 Å². The van der Waals surface area contributed by atoms with Crippen molar-refractivity contribution in [2.45, 2.75) is 32.2 Å². The van der Waals surface area contributed by atoms with Gasteiger partial charge in [0.2, 0.25) is 5.91 Å². The topological polar surface area (TPSA) is 151 Å². The Morgan fingerprint density at radius 2 is 1.88 bits per heavy atom. The molecule has 1 aromatic heterocycles. The molecule has 0 spiro atoms. The molecule has 16 heteroatoms. The molecule has 0 aliphatic carbocycles. The highest BCUT2D eigenvalue weighted by Crippen LogP contribution is 2.31. The van der Waals surface area contributed by atoms with Gasteiger partial charge in [-0.15, -0.1) is 0 Å². The predicted octanol–water partition coefficient (Wildman–Crippen LogP) is 0.894. The summed E-state index contributed by atoms with van der Waals surface area (Å²) < 4.78 is 41.8. The zero-order valence-electron chi connectivity index (χ0n) is 23.0. The minimum atomic E-state index is -0.873. The number of nitrogens with zero attached hydrogens (tertiary/aromatic N) is 6. The van der Waals surface area contributed by atoms with Crippen molar-refractivity contribution in [3.05, 3.63) is 41.5 Å². The number of ether oxygens (including phenoxy) is 2. The number of amides is 4. The monoisotopic (exact) mass is 588 g/mol. The van der Waals surface area contributed by atoms with Gasteiger partial charge in [-0.05, 0) is 6.92 Å². The second kappa shape index (κ2) is 12.0. The molecule has 42 heavy (non-hydrogen) atoms. The molecule has 0 bridgehead atoms. The van der Waals surface area contributed by atoms with Crippen LogP contribution in [0.25, 0.3) is 0 Å². The fraction of sp³-hybridized carbons (Fsp3) is 0.462. The summed E-state index contributed by atoms with van der Waals surface area (Å²) in [6.07, 6.45) is 1.14. The number of rotatable bonds is 7. The summed E-state index contributed by atoms with van der Waals surface area (Å²) in [7, 11) is 1.19. The molecule has 2 aromatic rings. The van der Waals surface area contributed by atoms with E-state index >= 15 is 8.78 Å². The van der Waals surface area contributed by atoms with Crippen molar-refractivity contribution in [3.63, 3.8) is 0 Å². The van der Waals surface area contributed by atoms with Crippen molar-refractivity contribution in [2.75, 3.05) is 56.2 Å². The maximum Gasteiger partial charge on any atom is 0.414 e. The standard InChI is InChI=1S/C26H30F2N8O6/c1-15(31-23(37)20-14-35-4-3-29-12-21(35)32-20)24(38)34-7-5-33(6-8-34)22-18(27)9-16(10-19(22)28)36-13-17(42-26(36)40)11-30-25(39)41-2/h3,9-10,14-15,17H,4-8,11-13H2,1-2H3,(H,30,39)(H,31,37). The van der Waals surface area contributed by atoms with Gasteiger partial charge in [-0.2, -0.15) is 0 Å². The summed E-state index contributed by atoms with van der Waals surface area (Å²) >= 11 is 0. The van der Waals surface area contributed by atoms with Gasteiger partial charge in [0.15, 0.2) is 11.6 Å². The van der Waals surface area contributed by atoms with Crippen molar-refractivity contribution >= 4 is 41.6 Å². The second-order valence-electron chi connectivity index (χ2n) is 9.97. The Bertz CT molecular complexity index is 1370. The number of nitrogens with one attached hydrogen (secondary N) is 2. The lowest BCUT2D eigenvalue weighted by Gasteiger charge is -2.37. The van der Waals surface area contributed by atoms with Crippen LogP contribution in [-0.2, 0) is 27.4 Å². The van der Waals surface area contributed by atoms with Gasteiger partial charge < -0.3 is 34.5 Å². The second-order valence-corrected chi connectivity index (χ2v) is 9.97. The predicted molar refractivity (Wildman–Crippen MR) is 145 cm³/mol. The number of methoxy groups -OCH3 is 1. The number of halogens is 2. The number of hydrogen-bond donors (Lipinski definition) is 2. The zero-order chi connectivity index (χ0) is 30.0. The molecule has 224 valence electrons. The minimum Gasteiger partial charge on any atom is -0.453 e. The highest BCUT2D eigenvalue weighted by Gasteiger charge is 2.35. The number of benzene rings is 1. The molecule has 4 heterocycles. The number of fused-ring (bicyclic) bond motifs is 1. The van der Waals surface area contributed by atoms with Gasteiger partial charge in [-0.3, -0.25) is 19.5 Å². The third-order valence-corrected chi connectivity index (χ3v) is 7.20. The minimum absolute atomic E-state index is 0.0198. The van der Waals surface area contributed by atoms with Crippen LogP contribution in [0, 0.1) is 11.6 Å². The summed E-state index contributed by atoms with van der Waals surface area (Å²) in [6, 6.07) is 1.26. The Hall–Kier alpha value is -4.76. The van der Waals surface area contributed by atoms with Gasteiger partial charge in [0, 0.05) is 50.7 Å². The van der Waals surface area contributed by atoms with Crippen LogP contribution in [0.3, 0.4) is 0 Å². The van der Waals surface area contributed by atoms with Crippen molar-refractivity contribution in [1.82, 2.24) is 25.1 Å². The smallest absolute Gasteiger partial charge is 0.414 e. The van der Waals surface area contributed by atoms with Gasteiger partial charge in [0.1, 0.15) is 29.4 Å². The zero-order valence-corrected chi connectivity index (χ0v) is 23.0. The largest absolute Gasteiger partial charge is 0.453 e. The lowest BCUT2D eigenvalue weighted by atomic mass is 10.1. The molecule has 2 fully saturated rings. The molecule has 3 aliphatic heterocycles. The summed E-state index contributed by atoms with van der Waals surface area (Å²) in [4.78, 5) is 61.7. The van der Waals surface area contributed by atoms with Gasteiger partial charge in [-0.1, -0.05) is 0 Å². The Labute approximate surface area is 239 Å². The molecular weight excluding hydrogens is 558 g/mol. The Morgan fingerprint density at radius 3 is 2.55 bits per heavy atom. The molecule has 1 aromatic carbocycles. The van der Waals surface area contributed by atoms with E-state index < -0.39 is 41.9 Å². The number of aromatic nitrogens is 2. The van der Waals surface area contributed by atoms with Crippen LogP contribution in [0.15, 0.2) is 23.3 Å². The molecule has 2 unspecified atom stereocenters. The van der Waals surface area contributed by atoms with Crippen LogP contribution >= 0.6 is 0 Å². The van der Waals surface area contributed by atoms with Crippen LogP contribution < -0.4 is 20.4 Å². The Morgan fingerprint density at radius 1 is 1.17 bits per heavy atom. The molecule has 4 amide bonds. The highest BCUT2D eigenvalue weighted by molar-refractivity contribution is 5.96. The van der Waals surface area contributed by atoms with Crippen molar-refractivity contribution in [1.29, 1.82) is 0 Å². The fourth-order valence-corrected chi connectivity index (χ4v) is 5.01. The number of alkyl carbamates (subject to hydrolysis) is 1. The number of imidazole rings is 1. The molecular formula is C26H30F2N8O6. The van der Waals surface area contributed by atoms with Crippen molar-refractivity contribution < 1.29 is 37.4 Å². The molecule has 2 N–H and O–H groups in total. The molecule has 0 saturated carbocycles. The van der Waals surface area contributed by atoms with Gasteiger partial charge in [0.25, 0.3) is 5.91 Å². The first-order chi connectivity index (χ1) is 20.1. The van der Waals surface area contributed by atoms with E-state index in [-0.39, 0.29) is 62.2 Å². The normalized spacial score (nSPS) is 18.8. The molecule has 3 aliphatic rings. The first-order valence-electron chi connectivity index (χ1n) is 13.3. The lowest BCUT2D eigenvalue weighted by molar-refractivity contribution is -0.133. The Kier molecular flexibility index (Phi) is 8.22. The van der Waals surface area contributed by atoms with Gasteiger partial charge in [0.05, 0.1) is 39.0 Å². The summed E-state index contributed by atoms with van der Waals surface area (Å²) in [6.45, 7) is 3.12.